The average Bonchev–Trinajstić information content (AvgIpc) is 2.59. The van der Waals surface area contributed by atoms with Crippen LogP contribution in [0.3, 0.4) is 0 Å². The second kappa shape index (κ2) is 8.33. The van der Waals surface area contributed by atoms with Crippen molar-refractivity contribution >= 4 is 11.9 Å². The van der Waals surface area contributed by atoms with Crippen LogP contribution in [-0.4, -0.2) is 36.5 Å². The van der Waals surface area contributed by atoms with Crippen LogP contribution in [0.2, 0.25) is 0 Å². The van der Waals surface area contributed by atoms with Crippen molar-refractivity contribution in [2.24, 2.45) is 5.92 Å². The Labute approximate surface area is 136 Å². The fraction of sp³-hybridized carbons (Fsp3) is 0.500. The third kappa shape index (κ3) is 4.82. The number of rotatable bonds is 5. The highest BCUT2D eigenvalue weighted by atomic mass is 16.5. The van der Waals surface area contributed by atoms with Gasteiger partial charge in [0.05, 0.1) is 18.2 Å². The minimum absolute atomic E-state index is 0.0739. The smallest absolute Gasteiger partial charge is 0.338 e. The summed E-state index contributed by atoms with van der Waals surface area (Å²) in [6, 6.07) is 9.13. The molecule has 2 rings (SSSR count). The Hall–Kier alpha value is -2.35. The Morgan fingerprint density at radius 3 is 2.48 bits per heavy atom. The van der Waals surface area contributed by atoms with Crippen LogP contribution in [0.1, 0.15) is 41.6 Å². The van der Waals surface area contributed by atoms with Crippen LogP contribution >= 0.6 is 0 Å². The van der Waals surface area contributed by atoms with Crippen LogP contribution < -0.4 is 0 Å². The molecule has 1 aromatic rings. The van der Waals surface area contributed by atoms with E-state index in [0.717, 1.165) is 37.9 Å². The molecule has 122 valence electrons. The van der Waals surface area contributed by atoms with E-state index in [4.69, 9.17) is 4.74 Å². The summed E-state index contributed by atoms with van der Waals surface area (Å²) in [5.74, 6) is -1.30. The molecule has 5 nitrogen and oxygen atoms in total. The number of esters is 1. The number of piperidine rings is 1. The highest BCUT2D eigenvalue weighted by Gasteiger charge is 2.25. The quantitative estimate of drug-likeness (QED) is 0.783. The molecule has 0 radical (unpaired) electrons. The van der Waals surface area contributed by atoms with E-state index in [-0.39, 0.29) is 18.9 Å². The second-order valence-corrected chi connectivity index (χ2v) is 5.86. The second-order valence-electron chi connectivity index (χ2n) is 5.86. The molecule has 1 fully saturated rings. The lowest BCUT2D eigenvalue weighted by molar-refractivity contribution is -0.135. The molecule has 1 aliphatic heterocycles. The molecule has 23 heavy (non-hydrogen) atoms. The summed E-state index contributed by atoms with van der Waals surface area (Å²) in [6.07, 6.45) is 3.36. The van der Waals surface area contributed by atoms with Crippen LogP contribution in [0, 0.1) is 24.2 Å². The monoisotopic (exact) mass is 314 g/mol. The van der Waals surface area contributed by atoms with Gasteiger partial charge in [0.1, 0.15) is 5.92 Å². The molecule has 5 heteroatoms. The van der Waals surface area contributed by atoms with Gasteiger partial charge in [-0.15, -0.1) is 0 Å². The van der Waals surface area contributed by atoms with E-state index in [1.807, 2.05) is 25.1 Å². The summed E-state index contributed by atoms with van der Waals surface area (Å²) in [6.45, 7) is 3.46. The van der Waals surface area contributed by atoms with Gasteiger partial charge in [-0.3, -0.25) is 4.79 Å². The van der Waals surface area contributed by atoms with Crippen molar-refractivity contribution in [3.05, 3.63) is 35.4 Å². The third-order valence-electron chi connectivity index (χ3n) is 4.05. The molecule has 1 atom stereocenters. The van der Waals surface area contributed by atoms with E-state index in [9.17, 15) is 14.9 Å². The first-order chi connectivity index (χ1) is 11.1. The maximum absolute atomic E-state index is 12.3. The Morgan fingerprint density at radius 2 is 1.87 bits per heavy atom. The van der Waals surface area contributed by atoms with Crippen LogP contribution in [0.25, 0.3) is 0 Å². The largest absolute Gasteiger partial charge is 0.462 e. The van der Waals surface area contributed by atoms with Gasteiger partial charge in [-0.25, -0.2) is 4.79 Å². The summed E-state index contributed by atoms with van der Waals surface area (Å²) in [5, 5.41) is 9.20. The number of hydrogen-bond acceptors (Lipinski definition) is 4. The van der Waals surface area contributed by atoms with Crippen LogP contribution in [0.4, 0.5) is 0 Å². The number of carbonyl (C=O) groups is 2. The molecule has 0 saturated carbocycles. The number of hydrogen-bond donors (Lipinski definition) is 0. The summed E-state index contributed by atoms with van der Waals surface area (Å²) < 4.78 is 5.18. The highest BCUT2D eigenvalue weighted by Crippen LogP contribution is 2.15. The fourth-order valence-corrected chi connectivity index (χ4v) is 2.62. The van der Waals surface area contributed by atoms with Crippen LogP contribution in [-0.2, 0) is 9.53 Å². The SMILES string of the molecule is Cc1ccc(C(=O)OCCC(C#N)C(=O)N2CCCCC2)cc1. The molecule has 0 bridgehead atoms. The molecule has 0 aromatic heterocycles. The van der Waals surface area contributed by atoms with E-state index in [1.165, 1.54) is 0 Å². The first-order valence-corrected chi connectivity index (χ1v) is 8.04. The first kappa shape index (κ1) is 17.0. The molecule has 1 saturated heterocycles. The van der Waals surface area contributed by atoms with Crippen molar-refractivity contribution < 1.29 is 14.3 Å². The van der Waals surface area contributed by atoms with Crippen molar-refractivity contribution in [3.63, 3.8) is 0 Å². The lowest BCUT2D eigenvalue weighted by Gasteiger charge is -2.28. The zero-order chi connectivity index (χ0) is 16.7. The minimum atomic E-state index is -0.737. The summed E-state index contributed by atoms with van der Waals surface area (Å²) >= 11 is 0. The number of benzene rings is 1. The van der Waals surface area contributed by atoms with Crippen molar-refractivity contribution in [1.82, 2.24) is 4.90 Å². The molecule has 0 N–H and O–H groups in total. The maximum atomic E-state index is 12.3. The van der Waals surface area contributed by atoms with Crippen molar-refractivity contribution in [2.75, 3.05) is 19.7 Å². The van der Waals surface area contributed by atoms with Gasteiger partial charge in [-0.2, -0.15) is 5.26 Å². The van der Waals surface area contributed by atoms with Gasteiger partial charge in [0.2, 0.25) is 5.91 Å². The van der Waals surface area contributed by atoms with Gasteiger partial charge >= 0.3 is 5.97 Å². The molecule has 1 aromatic carbocycles. The summed E-state index contributed by atoms with van der Waals surface area (Å²) in [4.78, 5) is 25.9. The number of nitrogens with zero attached hydrogens (tertiary/aromatic N) is 2. The number of ether oxygens (including phenoxy) is 1. The van der Waals surface area contributed by atoms with Gasteiger partial charge in [0.25, 0.3) is 0 Å². The first-order valence-electron chi connectivity index (χ1n) is 8.04. The molecule has 1 amide bonds. The molecular formula is C18H22N2O3. The van der Waals surface area contributed by atoms with Gasteiger partial charge in [-0.05, 0) is 38.3 Å². The highest BCUT2D eigenvalue weighted by molar-refractivity contribution is 5.89. The predicted octanol–water partition coefficient (Wildman–Crippen LogP) is 2.69. The number of likely N-dealkylation sites (tertiary alicyclic amines) is 1. The Kier molecular flexibility index (Phi) is 6.16. The summed E-state index contributed by atoms with van der Waals surface area (Å²) in [7, 11) is 0. The van der Waals surface area contributed by atoms with E-state index in [1.54, 1.807) is 17.0 Å². The normalized spacial score (nSPS) is 15.6. The lowest BCUT2D eigenvalue weighted by atomic mass is 10.0. The van der Waals surface area contributed by atoms with Gasteiger partial charge < -0.3 is 9.64 Å². The van der Waals surface area contributed by atoms with Crippen LogP contribution in [0.5, 0.6) is 0 Å². The number of amides is 1. The van der Waals surface area contributed by atoms with Gasteiger partial charge in [0, 0.05) is 19.5 Å². The molecule has 1 aliphatic rings. The van der Waals surface area contributed by atoms with Crippen molar-refractivity contribution in [3.8, 4) is 6.07 Å². The molecule has 1 unspecified atom stereocenters. The third-order valence-corrected chi connectivity index (χ3v) is 4.05. The fourth-order valence-electron chi connectivity index (χ4n) is 2.62. The zero-order valence-electron chi connectivity index (χ0n) is 13.5. The number of aryl methyl sites for hydroxylation is 1. The average molecular weight is 314 g/mol. The Bertz CT molecular complexity index is 583. The Balaban J connectivity index is 1.81. The topological polar surface area (TPSA) is 70.4 Å². The van der Waals surface area contributed by atoms with Gasteiger partial charge in [0.15, 0.2) is 0 Å². The van der Waals surface area contributed by atoms with Crippen LogP contribution in [0.15, 0.2) is 24.3 Å². The van der Waals surface area contributed by atoms with Crippen molar-refractivity contribution in [2.45, 2.75) is 32.6 Å². The molecule has 1 heterocycles. The predicted molar refractivity (Wildman–Crippen MR) is 85.6 cm³/mol. The van der Waals surface area contributed by atoms with E-state index in [0.29, 0.717) is 5.56 Å². The molecule has 0 aliphatic carbocycles. The Morgan fingerprint density at radius 1 is 1.22 bits per heavy atom. The van der Waals surface area contributed by atoms with Gasteiger partial charge in [-0.1, -0.05) is 17.7 Å². The molecular weight excluding hydrogens is 292 g/mol. The molecule has 0 spiro atoms. The van der Waals surface area contributed by atoms with E-state index < -0.39 is 11.9 Å². The summed E-state index contributed by atoms with van der Waals surface area (Å²) in [5.41, 5.74) is 1.55. The zero-order valence-corrected chi connectivity index (χ0v) is 13.5. The standard InChI is InChI=1S/C18H22N2O3/c1-14-5-7-15(8-6-14)18(22)23-12-9-16(13-19)17(21)20-10-3-2-4-11-20/h5-8,16H,2-4,9-12H2,1H3. The number of nitriles is 1. The van der Waals surface area contributed by atoms with Crippen molar-refractivity contribution in [1.29, 1.82) is 5.26 Å². The van der Waals surface area contributed by atoms with E-state index >= 15 is 0 Å². The number of carbonyl (C=O) groups excluding carboxylic acids is 2. The lowest BCUT2D eigenvalue weighted by Crippen LogP contribution is -2.39. The minimum Gasteiger partial charge on any atom is -0.462 e. The maximum Gasteiger partial charge on any atom is 0.338 e. The van der Waals surface area contributed by atoms with E-state index in [2.05, 4.69) is 0 Å².